The SMILES string of the molecule is CC(C)CN=C(N(C)P12(Oc3ccccc3O1)Oc1ccccc1O2)C(F)(F)F. The van der Waals surface area contributed by atoms with Gasteiger partial charge in [0.2, 0.25) is 0 Å². The molecular formula is C19H20F3N2O4P. The Kier molecular flexibility index (Phi) is 4.35. The first-order chi connectivity index (χ1) is 13.6. The molecule has 0 radical (unpaired) electrons. The second kappa shape index (κ2) is 6.42. The maximum atomic E-state index is 14.0. The Bertz CT molecular complexity index is 867. The van der Waals surface area contributed by atoms with E-state index in [1.165, 1.54) is 7.05 Å². The van der Waals surface area contributed by atoms with Crippen LogP contribution in [-0.4, -0.2) is 30.3 Å². The summed E-state index contributed by atoms with van der Waals surface area (Å²) in [5.74, 6) is -0.347. The molecule has 0 aliphatic carbocycles. The zero-order valence-electron chi connectivity index (χ0n) is 16.0. The van der Waals surface area contributed by atoms with Crippen molar-refractivity contribution in [1.82, 2.24) is 4.67 Å². The molecule has 10 heteroatoms. The normalized spacial score (nSPS) is 19.8. The zero-order valence-corrected chi connectivity index (χ0v) is 16.9. The van der Waals surface area contributed by atoms with Gasteiger partial charge >= 0.3 is 165 Å². The Morgan fingerprint density at radius 1 is 0.897 bits per heavy atom. The van der Waals surface area contributed by atoms with E-state index in [1.54, 1.807) is 62.4 Å². The van der Waals surface area contributed by atoms with Crippen LogP contribution in [0.25, 0.3) is 0 Å². The molecule has 0 aromatic heterocycles. The molecule has 0 bridgehead atoms. The van der Waals surface area contributed by atoms with Crippen LogP contribution in [-0.2, 0) is 0 Å². The molecule has 2 heterocycles. The number of halogens is 3. The van der Waals surface area contributed by atoms with Crippen molar-refractivity contribution in [3.05, 3.63) is 48.5 Å². The van der Waals surface area contributed by atoms with Gasteiger partial charge in [0.15, 0.2) is 0 Å². The molecule has 156 valence electrons. The van der Waals surface area contributed by atoms with E-state index in [0.717, 1.165) is 4.67 Å². The quantitative estimate of drug-likeness (QED) is 0.362. The van der Waals surface area contributed by atoms with Crippen molar-refractivity contribution in [2.45, 2.75) is 20.0 Å². The van der Waals surface area contributed by atoms with Crippen LogP contribution >= 0.6 is 7.66 Å². The monoisotopic (exact) mass is 428 g/mol. The summed E-state index contributed by atoms with van der Waals surface area (Å²) in [5.41, 5.74) is 0. The van der Waals surface area contributed by atoms with Gasteiger partial charge in [0.05, 0.1) is 0 Å². The molecule has 0 amide bonds. The number of amidine groups is 1. The second-order valence-corrected chi connectivity index (χ2v) is 9.99. The summed E-state index contributed by atoms with van der Waals surface area (Å²) in [6.07, 6.45) is -4.78. The van der Waals surface area contributed by atoms with Crippen molar-refractivity contribution in [2.75, 3.05) is 13.6 Å². The topological polar surface area (TPSA) is 52.5 Å². The molecular weight excluding hydrogens is 408 g/mol. The van der Waals surface area contributed by atoms with E-state index in [4.69, 9.17) is 18.1 Å². The number of benzene rings is 2. The molecule has 2 aromatic rings. The van der Waals surface area contributed by atoms with Crippen LogP contribution in [0, 0.1) is 5.92 Å². The minimum atomic E-state index is -5.00. The molecule has 0 saturated heterocycles. The molecule has 0 unspecified atom stereocenters. The molecule has 29 heavy (non-hydrogen) atoms. The molecule has 4 rings (SSSR count). The van der Waals surface area contributed by atoms with Crippen molar-refractivity contribution in [3.8, 4) is 23.0 Å². The number of hydrogen-bond acceptors (Lipinski definition) is 5. The fourth-order valence-corrected chi connectivity index (χ4v) is 6.13. The first kappa shape index (κ1) is 19.6. The summed E-state index contributed by atoms with van der Waals surface area (Å²) in [6, 6.07) is 13.1. The van der Waals surface area contributed by atoms with Crippen molar-refractivity contribution in [3.63, 3.8) is 0 Å². The van der Waals surface area contributed by atoms with Crippen LogP contribution in [0.5, 0.6) is 23.0 Å². The summed E-state index contributed by atoms with van der Waals surface area (Å²) >= 11 is 0. The minimum absolute atomic E-state index is 0.0361. The summed E-state index contributed by atoms with van der Waals surface area (Å²) < 4.78 is 66.6. The second-order valence-electron chi connectivity index (χ2n) is 7.11. The molecule has 0 fully saturated rings. The maximum absolute atomic E-state index is 14.0. The number of alkyl halides is 3. The van der Waals surface area contributed by atoms with Gasteiger partial charge in [-0.05, 0) is 0 Å². The number of para-hydroxylation sites is 4. The Balaban J connectivity index is 1.86. The van der Waals surface area contributed by atoms with Gasteiger partial charge in [0.1, 0.15) is 0 Å². The number of hydrogen-bond donors (Lipinski definition) is 0. The van der Waals surface area contributed by atoms with Crippen molar-refractivity contribution >= 4 is 13.5 Å². The fraction of sp³-hybridized carbons (Fsp3) is 0.316. The van der Waals surface area contributed by atoms with Gasteiger partial charge in [-0.1, -0.05) is 0 Å². The summed E-state index contributed by atoms with van der Waals surface area (Å²) in [6.45, 7) is 3.52. The number of aliphatic imine (C=N–C) groups is 1. The van der Waals surface area contributed by atoms with Gasteiger partial charge in [-0.15, -0.1) is 0 Å². The average molecular weight is 428 g/mol. The third-order valence-electron chi connectivity index (χ3n) is 4.36. The third-order valence-corrected chi connectivity index (χ3v) is 7.54. The zero-order chi connectivity index (χ0) is 20.9. The molecule has 1 spiro atoms. The van der Waals surface area contributed by atoms with E-state index in [1.807, 2.05) is 0 Å². The van der Waals surface area contributed by atoms with Crippen molar-refractivity contribution < 1.29 is 31.3 Å². The number of rotatable bonds is 3. The first-order valence-electron chi connectivity index (χ1n) is 8.99. The summed E-state index contributed by atoms with van der Waals surface area (Å²) in [5, 5.41) is 0. The van der Waals surface area contributed by atoms with E-state index in [2.05, 4.69) is 4.99 Å². The Morgan fingerprint density at radius 2 is 1.28 bits per heavy atom. The van der Waals surface area contributed by atoms with Gasteiger partial charge in [0.25, 0.3) is 0 Å². The standard InChI is InChI=1S/C19H20F3N2O4P/c1-13(2)12-23-18(19(20,21)22)24(3)29(25-14-8-4-5-9-15(14)26-29)27-16-10-6-7-11-17(16)28-29/h4-11,13H,12H2,1-3H3. The van der Waals surface area contributed by atoms with Crippen molar-refractivity contribution in [2.24, 2.45) is 10.9 Å². The number of nitrogens with zero attached hydrogens (tertiary/aromatic N) is 2. The van der Waals surface area contributed by atoms with Gasteiger partial charge < -0.3 is 0 Å². The molecule has 0 saturated carbocycles. The van der Waals surface area contributed by atoms with Gasteiger partial charge in [-0.3, -0.25) is 0 Å². The Morgan fingerprint density at radius 3 is 1.59 bits per heavy atom. The predicted molar refractivity (Wildman–Crippen MR) is 103 cm³/mol. The fourth-order valence-electron chi connectivity index (χ4n) is 3.02. The van der Waals surface area contributed by atoms with Crippen LogP contribution < -0.4 is 18.1 Å². The van der Waals surface area contributed by atoms with Crippen LogP contribution in [0.2, 0.25) is 0 Å². The number of fused-ring (bicyclic) bond motifs is 2. The van der Waals surface area contributed by atoms with E-state index in [0.29, 0.717) is 0 Å². The van der Waals surface area contributed by atoms with E-state index in [-0.39, 0.29) is 35.5 Å². The molecule has 6 nitrogen and oxygen atoms in total. The van der Waals surface area contributed by atoms with Crippen LogP contribution in [0.3, 0.4) is 0 Å². The van der Waals surface area contributed by atoms with Crippen LogP contribution in [0.1, 0.15) is 13.8 Å². The van der Waals surface area contributed by atoms with E-state index in [9.17, 15) is 13.2 Å². The summed E-state index contributed by atoms with van der Waals surface area (Å²) in [7, 11) is -3.83. The third kappa shape index (κ3) is 3.13. The molecule has 0 N–H and O–H groups in total. The predicted octanol–water partition coefficient (Wildman–Crippen LogP) is 5.61. The molecule has 0 atom stereocenters. The van der Waals surface area contributed by atoms with Crippen molar-refractivity contribution in [1.29, 1.82) is 0 Å². The Labute approximate surface area is 166 Å². The van der Waals surface area contributed by atoms with E-state index >= 15 is 0 Å². The Hall–Kier alpha value is -2.67. The van der Waals surface area contributed by atoms with Gasteiger partial charge in [-0.25, -0.2) is 0 Å². The summed E-state index contributed by atoms with van der Waals surface area (Å²) in [4.78, 5) is 3.81. The van der Waals surface area contributed by atoms with Crippen LogP contribution in [0.15, 0.2) is 53.5 Å². The van der Waals surface area contributed by atoms with Gasteiger partial charge in [0, 0.05) is 0 Å². The van der Waals surface area contributed by atoms with Gasteiger partial charge in [-0.2, -0.15) is 0 Å². The molecule has 2 aliphatic heterocycles. The molecule has 2 aromatic carbocycles. The first-order valence-corrected chi connectivity index (χ1v) is 10.9. The molecule has 2 aliphatic rings. The van der Waals surface area contributed by atoms with E-state index < -0.39 is 19.7 Å². The average Bonchev–Trinajstić information content (AvgIpc) is 3.15. The van der Waals surface area contributed by atoms with Crippen LogP contribution in [0.4, 0.5) is 13.2 Å².